The van der Waals surface area contributed by atoms with E-state index >= 15 is 0 Å². The number of hydrogen-bond acceptors (Lipinski definition) is 4. The Hall–Kier alpha value is -2.45. The van der Waals surface area contributed by atoms with Gasteiger partial charge in [-0.05, 0) is 18.1 Å². The molecule has 2 amide bonds. The first-order valence-corrected chi connectivity index (χ1v) is 6.61. The third kappa shape index (κ3) is 4.27. The Bertz CT molecular complexity index is 556. The van der Waals surface area contributed by atoms with Crippen LogP contribution in [0.1, 0.15) is 12.0 Å². The van der Waals surface area contributed by atoms with E-state index in [2.05, 4.69) is 15.0 Å². The summed E-state index contributed by atoms with van der Waals surface area (Å²) in [5, 5.41) is 11.5. The molecule has 1 atom stereocenters. The molecule has 2 heterocycles. The van der Waals surface area contributed by atoms with Crippen LogP contribution in [0.25, 0.3) is 0 Å². The van der Waals surface area contributed by atoms with E-state index in [1.54, 1.807) is 6.07 Å². The number of aliphatic carboxylic acids is 1. The smallest absolute Gasteiger partial charge is 0.388 e. The van der Waals surface area contributed by atoms with Gasteiger partial charge in [-0.2, -0.15) is 8.78 Å². The van der Waals surface area contributed by atoms with E-state index in [0.717, 1.165) is 0 Å². The van der Waals surface area contributed by atoms with Gasteiger partial charge < -0.3 is 20.1 Å². The van der Waals surface area contributed by atoms with Gasteiger partial charge in [0, 0.05) is 31.9 Å². The molecule has 120 valence electrons. The van der Waals surface area contributed by atoms with Crippen molar-refractivity contribution in [2.75, 3.05) is 13.1 Å². The van der Waals surface area contributed by atoms with Gasteiger partial charge in [-0.3, -0.25) is 4.79 Å². The molecule has 0 radical (unpaired) electrons. The van der Waals surface area contributed by atoms with Crippen molar-refractivity contribution in [3.05, 3.63) is 23.9 Å². The molecule has 1 aliphatic heterocycles. The zero-order chi connectivity index (χ0) is 16.1. The predicted octanol–water partition coefficient (Wildman–Crippen LogP) is 1.30. The number of carbonyl (C=O) groups excluding carboxylic acids is 1. The van der Waals surface area contributed by atoms with Crippen LogP contribution >= 0.6 is 0 Å². The Morgan fingerprint density at radius 2 is 2.32 bits per heavy atom. The number of aromatic nitrogens is 1. The molecular weight excluding hydrogens is 300 g/mol. The highest BCUT2D eigenvalue weighted by molar-refractivity contribution is 5.77. The molecule has 1 unspecified atom stereocenters. The zero-order valence-corrected chi connectivity index (χ0v) is 11.5. The molecule has 0 saturated carbocycles. The minimum absolute atomic E-state index is 0.106. The number of rotatable bonds is 5. The van der Waals surface area contributed by atoms with E-state index < -0.39 is 24.5 Å². The van der Waals surface area contributed by atoms with Crippen LogP contribution in [0.3, 0.4) is 0 Å². The molecule has 2 N–H and O–H groups in total. The lowest BCUT2D eigenvalue weighted by Gasteiger charge is -2.16. The Kier molecular flexibility index (Phi) is 5.08. The molecule has 0 aliphatic carbocycles. The monoisotopic (exact) mass is 315 g/mol. The summed E-state index contributed by atoms with van der Waals surface area (Å²) in [6, 6.07) is 2.47. The zero-order valence-electron chi connectivity index (χ0n) is 11.5. The van der Waals surface area contributed by atoms with Gasteiger partial charge in [0.1, 0.15) is 0 Å². The molecule has 1 saturated heterocycles. The first-order chi connectivity index (χ1) is 10.5. The molecule has 22 heavy (non-hydrogen) atoms. The maximum Gasteiger partial charge on any atom is 0.388 e. The summed E-state index contributed by atoms with van der Waals surface area (Å²) in [5.41, 5.74) is 0.549. The summed E-state index contributed by atoms with van der Waals surface area (Å²) >= 11 is 0. The lowest BCUT2D eigenvalue weighted by Crippen LogP contribution is -2.38. The van der Waals surface area contributed by atoms with Crippen molar-refractivity contribution < 1.29 is 28.2 Å². The maximum absolute atomic E-state index is 12.1. The third-order valence-electron chi connectivity index (χ3n) is 3.28. The van der Waals surface area contributed by atoms with Crippen molar-refractivity contribution in [2.45, 2.75) is 19.6 Å². The number of ether oxygens (including phenoxy) is 1. The van der Waals surface area contributed by atoms with Crippen molar-refractivity contribution in [3.8, 4) is 5.88 Å². The van der Waals surface area contributed by atoms with Gasteiger partial charge in [-0.1, -0.05) is 0 Å². The van der Waals surface area contributed by atoms with Crippen molar-refractivity contribution >= 4 is 12.0 Å². The van der Waals surface area contributed by atoms with Crippen LogP contribution in [-0.4, -0.2) is 46.7 Å². The third-order valence-corrected chi connectivity index (χ3v) is 3.28. The van der Waals surface area contributed by atoms with Gasteiger partial charge in [0.2, 0.25) is 5.88 Å². The predicted molar refractivity (Wildman–Crippen MR) is 70.4 cm³/mol. The molecule has 2 rings (SSSR count). The van der Waals surface area contributed by atoms with Gasteiger partial charge >= 0.3 is 18.6 Å². The Morgan fingerprint density at radius 3 is 2.95 bits per heavy atom. The first kappa shape index (κ1) is 15.9. The van der Waals surface area contributed by atoms with E-state index in [0.29, 0.717) is 18.5 Å². The Balaban J connectivity index is 1.85. The topological polar surface area (TPSA) is 91.8 Å². The number of urea groups is 1. The second-order valence-electron chi connectivity index (χ2n) is 4.81. The number of hydrogen-bond donors (Lipinski definition) is 2. The quantitative estimate of drug-likeness (QED) is 0.854. The van der Waals surface area contributed by atoms with Crippen LogP contribution in [0.2, 0.25) is 0 Å². The fourth-order valence-electron chi connectivity index (χ4n) is 2.15. The van der Waals surface area contributed by atoms with Crippen molar-refractivity contribution in [1.82, 2.24) is 15.2 Å². The number of nitrogens with zero attached hydrogens (tertiary/aromatic N) is 2. The first-order valence-electron chi connectivity index (χ1n) is 6.61. The summed E-state index contributed by atoms with van der Waals surface area (Å²) in [5.74, 6) is -1.69. The lowest BCUT2D eigenvalue weighted by atomic mass is 10.1. The van der Waals surface area contributed by atoms with Crippen LogP contribution < -0.4 is 10.1 Å². The fraction of sp³-hybridized carbons (Fsp3) is 0.462. The number of nitrogens with one attached hydrogen (secondary N) is 1. The molecule has 1 aromatic heterocycles. The fourth-order valence-corrected chi connectivity index (χ4v) is 2.15. The van der Waals surface area contributed by atoms with E-state index in [4.69, 9.17) is 5.11 Å². The number of alkyl halides is 2. The number of carboxylic acid groups (broad SMARTS) is 1. The molecule has 1 aromatic rings. The number of carboxylic acids is 1. The normalized spacial score (nSPS) is 17.6. The SMILES string of the molecule is O=C(O)C1CCN(C(=O)NCc2ccnc(OC(F)F)c2)C1. The number of pyridine rings is 1. The number of amides is 2. The van der Waals surface area contributed by atoms with Crippen molar-refractivity contribution in [3.63, 3.8) is 0 Å². The van der Waals surface area contributed by atoms with Gasteiger partial charge in [-0.15, -0.1) is 0 Å². The minimum atomic E-state index is -2.96. The molecule has 1 fully saturated rings. The van der Waals surface area contributed by atoms with E-state index in [1.807, 2.05) is 0 Å². The van der Waals surface area contributed by atoms with Crippen LogP contribution in [-0.2, 0) is 11.3 Å². The highest BCUT2D eigenvalue weighted by Crippen LogP contribution is 2.16. The average molecular weight is 315 g/mol. The highest BCUT2D eigenvalue weighted by Gasteiger charge is 2.30. The van der Waals surface area contributed by atoms with E-state index in [1.165, 1.54) is 17.2 Å². The van der Waals surface area contributed by atoms with Gasteiger partial charge in [-0.25, -0.2) is 9.78 Å². The molecule has 0 aromatic carbocycles. The number of carbonyl (C=O) groups is 2. The summed E-state index contributed by atoms with van der Waals surface area (Å²) in [4.78, 5) is 27.8. The number of likely N-dealkylation sites (tertiary alicyclic amines) is 1. The van der Waals surface area contributed by atoms with Crippen molar-refractivity contribution in [2.24, 2.45) is 5.92 Å². The Labute approximate surface area is 124 Å². The van der Waals surface area contributed by atoms with Crippen molar-refractivity contribution in [1.29, 1.82) is 0 Å². The summed E-state index contributed by atoms with van der Waals surface area (Å²) in [6.07, 6.45) is 1.72. The molecule has 0 spiro atoms. The van der Waals surface area contributed by atoms with Crippen LogP contribution in [0, 0.1) is 5.92 Å². The number of halogens is 2. The highest BCUT2D eigenvalue weighted by atomic mass is 19.3. The van der Waals surface area contributed by atoms with Gasteiger partial charge in [0.25, 0.3) is 0 Å². The van der Waals surface area contributed by atoms with E-state index in [9.17, 15) is 18.4 Å². The van der Waals surface area contributed by atoms with E-state index in [-0.39, 0.29) is 19.0 Å². The molecule has 9 heteroatoms. The van der Waals surface area contributed by atoms with Gasteiger partial charge in [0.15, 0.2) is 0 Å². The summed E-state index contributed by atoms with van der Waals surface area (Å²) < 4.78 is 28.3. The van der Waals surface area contributed by atoms with Crippen LogP contribution in [0.4, 0.5) is 13.6 Å². The second-order valence-corrected chi connectivity index (χ2v) is 4.81. The summed E-state index contributed by atoms with van der Waals surface area (Å²) in [7, 11) is 0. The standard InChI is InChI=1S/C13H15F2N3O4/c14-12(15)22-10-5-8(1-3-16-10)6-17-13(21)18-4-2-9(7-18)11(19)20/h1,3,5,9,12H,2,4,6-7H2,(H,17,21)(H,19,20). The van der Waals surface area contributed by atoms with Crippen LogP contribution in [0.5, 0.6) is 5.88 Å². The Morgan fingerprint density at radius 1 is 1.55 bits per heavy atom. The molecule has 1 aliphatic rings. The summed E-state index contributed by atoms with van der Waals surface area (Å²) in [6.45, 7) is -2.32. The molecule has 0 bridgehead atoms. The van der Waals surface area contributed by atoms with Crippen LogP contribution in [0.15, 0.2) is 18.3 Å². The molecular formula is C13H15F2N3O4. The maximum atomic E-state index is 12.1. The minimum Gasteiger partial charge on any atom is -0.481 e. The lowest BCUT2D eigenvalue weighted by molar-refractivity contribution is -0.141. The van der Waals surface area contributed by atoms with Gasteiger partial charge in [0.05, 0.1) is 5.92 Å². The molecule has 7 nitrogen and oxygen atoms in total. The average Bonchev–Trinajstić information content (AvgIpc) is 2.94. The largest absolute Gasteiger partial charge is 0.481 e. The second kappa shape index (κ2) is 7.01.